The molecule has 0 spiro atoms. The van der Waals surface area contributed by atoms with Crippen LogP contribution in [0.1, 0.15) is 18.1 Å². The number of nitrogens with zero attached hydrogens (tertiary/aromatic N) is 1. The quantitative estimate of drug-likeness (QED) is 0.541. The summed E-state index contributed by atoms with van der Waals surface area (Å²) in [5, 5.41) is 0.973. The summed E-state index contributed by atoms with van der Waals surface area (Å²) in [6.45, 7) is 1.44. The summed E-state index contributed by atoms with van der Waals surface area (Å²) in [4.78, 5) is 11.4. The highest BCUT2D eigenvalue weighted by atomic mass is 16.5. The molecule has 2 aromatic carbocycles. The maximum absolute atomic E-state index is 11.4. The highest BCUT2D eigenvalue weighted by molar-refractivity contribution is 5.90. The second kappa shape index (κ2) is 5.44. The Morgan fingerprint density at radius 1 is 1.10 bits per heavy atom. The van der Waals surface area contributed by atoms with E-state index in [1.165, 1.54) is 12.5 Å². The first kappa shape index (κ1) is 13.4. The van der Waals surface area contributed by atoms with Crippen LogP contribution in [0.3, 0.4) is 0 Å². The first-order chi connectivity index (χ1) is 10.1. The lowest BCUT2D eigenvalue weighted by atomic mass is 10.0. The van der Waals surface area contributed by atoms with Crippen molar-refractivity contribution in [3.63, 3.8) is 0 Å². The Morgan fingerprint density at radius 3 is 2.57 bits per heavy atom. The Hall–Kier alpha value is -2.55. The van der Waals surface area contributed by atoms with Crippen LogP contribution >= 0.6 is 0 Å². The zero-order chi connectivity index (χ0) is 14.8. The number of carbonyl (C=O) groups excluding carboxylic acids is 1. The van der Waals surface area contributed by atoms with E-state index in [2.05, 4.69) is 18.2 Å². The lowest BCUT2D eigenvalue weighted by Gasteiger charge is -2.11. The van der Waals surface area contributed by atoms with Crippen LogP contribution in [-0.4, -0.2) is 10.5 Å². The molecule has 0 saturated carbocycles. The maximum Gasteiger partial charge on any atom is 0.308 e. The van der Waals surface area contributed by atoms with Crippen LogP contribution in [0.15, 0.2) is 54.7 Å². The fourth-order valence-corrected chi connectivity index (χ4v) is 2.59. The van der Waals surface area contributed by atoms with Crippen molar-refractivity contribution in [2.45, 2.75) is 13.3 Å². The number of hydrogen-bond acceptors (Lipinski definition) is 2. The zero-order valence-corrected chi connectivity index (χ0v) is 12.2. The summed E-state index contributed by atoms with van der Waals surface area (Å²) in [5.41, 5.74) is 3.28. The van der Waals surface area contributed by atoms with Crippen LogP contribution in [-0.2, 0) is 18.3 Å². The number of aromatic nitrogens is 1. The number of ether oxygens (including phenoxy) is 1. The van der Waals surface area contributed by atoms with Gasteiger partial charge in [-0.05, 0) is 17.7 Å². The van der Waals surface area contributed by atoms with Crippen molar-refractivity contribution in [1.29, 1.82) is 0 Å². The lowest BCUT2D eigenvalue weighted by Crippen LogP contribution is -2.05. The first-order valence-electron chi connectivity index (χ1n) is 6.94. The van der Waals surface area contributed by atoms with Gasteiger partial charge in [-0.15, -0.1) is 0 Å². The number of carbonyl (C=O) groups is 1. The third-order valence-electron chi connectivity index (χ3n) is 3.58. The minimum absolute atomic E-state index is 0.291. The van der Waals surface area contributed by atoms with Gasteiger partial charge in [-0.1, -0.05) is 36.4 Å². The minimum atomic E-state index is -0.291. The van der Waals surface area contributed by atoms with Crippen molar-refractivity contribution in [2.75, 3.05) is 0 Å². The van der Waals surface area contributed by atoms with Crippen LogP contribution in [0.4, 0.5) is 0 Å². The second-order valence-corrected chi connectivity index (χ2v) is 5.17. The summed E-state index contributed by atoms with van der Waals surface area (Å²) >= 11 is 0. The molecule has 3 heteroatoms. The third-order valence-corrected chi connectivity index (χ3v) is 3.58. The molecule has 21 heavy (non-hydrogen) atoms. The topological polar surface area (TPSA) is 31.2 Å². The highest BCUT2D eigenvalue weighted by Gasteiger charge is 2.13. The molecule has 106 valence electrons. The number of benzene rings is 2. The molecule has 1 aromatic heterocycles. The SMILES string of the molecule is CC(=O)Oc1c(Cc2ccccc2)ccc2c1ccn2C. The van der Waals surface area contributed by atoms with E-state index in [1.54, 1.807) is 0 Å². The highest BCUT2D eigenvalue weighted by Crippen LogP contribution is 2.32. The molecule has 0 bridgehead atoms. The van der Waals surface area contributed by atoms with E-state index in [4.69, 9.17) is 4.74 Å². The molecular weight excluding hydrogens is 262 g/mol. The van der Waals surface area contributed by atoms with E-state index in [1.807, 2.05) is 48.1 Å². The van der Waals surface area contributed by atoms with Crippen molar-refractivity contribution in [3.8, 4) is 5.75 Å². The number of aryl methyl sites for hydroxylation is 1. The van der Waals surface area contributed by atoms with Gasteiger partial charge in [-0.2, -0.15) is 0 Å². The van der Waals surface area contributed by atoms with Gasteiger partial charge in [0.05, 0.1) is 5.52 Å². The predicted octanol–water partition coefficient (Wildman–Crippen LogP) is 3.69. The molecule has 0 N–H and O–H groups in total. The predicted molar refractivity (Wildman–Crippen MR) is 83.5 cm³/mol. The van der Waals surface area contributed by atoms with Gasteiger partial charge in [0.2, 0.25) is 0 Å². The van der Waals surface area contributed by atoms with Gasteiger partial charge in [-0.3, -0.25) is 4.79 Å². The second-order valence-electron chi connectivity index (χ2n) is 5.17. The van der Waals surface area contributed by atoms with E-state index < -0.39 is 0 Å². The molecule has 0 radical (unpaired) electrons. The summed E-state index contributed by atoms with van der Waals surface area (Å²) < 4.78 is 7.51. The van der Waals surface area contributed by atoms with Crippen molar-refractivity contribution >= 4 is 16.9 Å². The summed E-state index contributed by atoms with van der Waals surface area (Å²) in [6, 6.07) is 16.3. The first-order valence-corrected chi connectivity index (χ1v) is 6.94. The van der Waals surface area contributed by atoms with E-state index in [-0.39, 0.29) is 5.97 Å². The smallest absolute Gasteiger partial charge is 0.308 e. The van der Waals surface area contributed by atoms with Crippen LogP contribution in [0.5, 0.6) is 5.75 Å². The maximum atomic E-state index is 11.4. The van der Waals surface area contributed by atoms with Crippen molar-refractivity contribution < 1.29 is 9.53 Å². The summed E-state index contributed by atoms with van der Waals surface area (Å²) in [5.74, 6) is 0.380. The van der Waals surface area contributed by atoms with Gasteiger partial charge >= 0.3 is 5.97 Å². The van der Waals surface area contributed by atoms with E-state index in [0.717, 1.165) is 22.9 Å². The van der Waals surface area contributed by atoms with E-state index >= 15 is 0 Å². The van der Waals surface area contributed by atoms with Gasteiger partial charge < -0.3 is 9.30 Å². The number of hydrogen-bond donors (Lipinski definition) is 0. The molecule has 1 heterocycles. The molecule has 0 saturated heterocycles. The van der Waals surface area contributed by atoms with Gasteiger partial charge in [0.1, 0.15) is 5.75 Å². The fraction of sp³-hybridized carbons (Fsp3) is 0.167. The Labute approximate surface area is 123 Å². The van der Waals surface area contributed by atoms with Crippen molar-refractivity contribution in [1.82, 2.24) is 4.57 Å². The molecule has 3 rings (SSSR count). The number of fused-ring (bicyclic) bond motifs is 1. The van der Waals surface area contributed by atoms with Crippen molar-refractivity contribution in [2.24, 2.45) is 7.05 Å². The average Bonchev–Trinajstić information content (AvgIpc) is 2.84. The molecule has 0 atom stereocenters. The van der Waals surface area contributed by atoms with Gasteiger partial charge in [0.15, 0.2) is 0 Å². The average molecular weight is 279 g/mol. The van der Waals surface area contributed by atoms with Gasteiger partial charge in [0, 0.05) is 37.5 Å². The third kappa shape index (κ3) is 2.68. The largest absolute Gasteiger partial charge is 0.426 e. The Balaban J connectivity index is 2.10. The molecule has 0 unspecified atom stereocenters. The van der Waals surface area contributed by atoms with Crippen LogP contribution in [0.25, 0.3) is 10.9 Å². The van der Waals surface area contributed by atoms with Crippen molar-refractivity contribution in [3.05, 3.63) is 65.9 Å². The Morgan fingerprint density at radius 2 is 1.86 bits per heavy atom. The van der Waals surface area contributed by atoms with E-state index in [9.17, 15) is 4.79 Å². The minimum Gasteiger partial charge on any atom is -0.426 e. The van der Waals surface area contributed by atoms with Crippen LogP contribution in [0, 0.1) is 0 Å². The van der Waals surface area contributed by atoms with E-state index in [0.29, 0.717) is 5.75 Å². The number of rotatable bonds is 3. The molecule has 0 aliphatic carbocycles. The molecule has 0 aliphatic rings. The summed E-state index contributed by atoms with van der Waals surface area (Å²) in [6.07, 6.45) is 2.72. The molecule has 0 aliphatic heterocycles. The Bertz CT molecular complexity index is 788. The molecule has 0 fully saturated rings. The summed E-state index contributed by atoms with van der Waals surface area (Å²) in [7, 11) is 1.98. The van der Waals surface area contributed by atoms with Crippen LogP contribution < -0.4 is 4.74 Å². The normalized spacial score (nSPS) is 10.8. The lowest BCUT2D eigenvalue weighted by molar-refractivity contribution is -0.131. The monoisotopic (exact) mass is 279 g/mol. The molecule has 0 amide bonds. The number of esters is 1. The zero-order valence-electron chi connectivity index (χ0n) is 12.2. The standard InChI is InChI=1S/C18H17NO2/c1-13(20)21-18-15(12-14-6-4-3-5-7-14)8-9-17-16(18)10-11-19(17)2/h3-11H,12H2,1-2H3. The Kier molecular flexibility index (Phi) is 3.48. The van der Waals surface area contributed by atoms with Crippen LogP contribution in [0.2, 0.25) is 0 Å². The van der Waals surface area contributed by atoms with Gasteiger partial charge in [0.25, 0.3) is 0 Å². The van der Waals surface area contributed by atoms with Gasteiger partial charge in [-0.25, -0.2) is 0 Å². The fourth-order valence-electron chi connectivity index (χ4n) is 2.59. The molecule has 3 aromatic rings. The molecular formula is C18H17NO2. The molecule has 3 nitrogen and oxygen atoms in total.